The lowest BCUT2D eigenvalue weighted by molar-refractivity contribution is 0.587. The Morgan fingerprint density at radius 1 is 1.07 bits per heavy atom. The molecule has 0 bridgehead atoms. The molecule has 15 heavy (non-hydrogen) atoms. The Morgan fingerprint density at radius 2 is 1.73 bits per heavy atom. The molecule has 5 heteroatoms. The van der Waals surface area contributed by atoms with Crippen molar-refractivity contribution in [3.8, 4) is 0 Å². The fourth-order valence-electron chi connectivity index (χ4n) is 1.22. The number of aromatic nitrogens is 1. The Hall–Kier alpha value is -1.07. The maximum absolute atomic E-state index is 12.0. The van der Waals surface area contributed by atoms with E-state index in [1.54, 1.807) is 36.4 Å². The van der Waals surface area contributed by atoms with E-state index in [2.05, 4.69) is 15.9 Å². The summed E-state index contributed by atoms with van der Waals surface area (Å²) in [6, 6.07) is 10.0. The molecule has 0 fully saturated rings. The van der Waals surface area contributed by atoms with Crippen molar-refractivity contribution in [3.05, 3.63) is 53.3 Å². The van der Waals surface area contributed by atoms with Crippen LogP contribution in [-0.2, 0) is 10.0 Å². The molecule has 1 aromatic carbocycles. The zero-order valence-electron chi connectivity index (χ0n) is 7.67. The van der Waals surface area contributed by atoms with Crippen molar-refractivity contribution in [1.29, 1.82) is 0 Å². The minimum atomic E-state index is -3.43. The molecule has 0 atom stereocenters. The first kappa shape index (κ1) is 10.4. The lowest BCUT2D eigenvalue weighted by atomic mass is 10.4. The van der Waals surface area contributed by atoms with E-state index in [1.165, 1.54) is 16.4 Å². The summed E-state index contributed by atoms with van der Waals surface area (Å²) in [5, 5.41) is 0. The van der Waals surface area contributed by atoms with Crippen LogP contribution in [0.4, 0.5) is 0 Å². The summed E-state index contributed by atoms with van der Waals surface area (Å²) >= 11 is 3.21. The average Bonchev–Trinajstić information content (AvgIpc) is 2.67. The largest absolute Gasteiger partial charge is 0.267 e. The molecule has 2 aromatic rings. The summed E-state index contributed by atoms with van der Waals surface area (Å²) in [6.45, 7) is 0. The Balaban J connectivity index is 2.54. The van der Waals surface area contributed by atoms with Crippen LogP contribution in [0.3, 0.4) is 0 Å². The number of halogens is 1. The summed E-state index contributed by atoms with van der Waals surface area (Å²) in [5.41, 5.74) is 0. The third kappa shape index (κ3) is 1.98. The number of hydrogen-bond acceptors (Lipinski definition) is 2. The van der Waals surface area contributed by atoms with Crippen LogP contribution in [-0.4, -0.2) is 12.4 Å². The number of hydrogen-bond donors (Lipinski definition) is 0. The molecular formula is C10H8BrNO2S. The third-order valence-corrected chi connectivity index (χ3v) is 4.07. The van der Waals surface area contributed by atoms with Crippen molar-refractivity contribution in [2.75, 3.05) is 0 Å². The van der Waals surface area contributed by atoms with Crippen LogP contribution in [0.2, 0.25) is 0 Å². The van der Waals surface area contributed by atoms with Crippen molar-refractivity contribution in [1.82, 2.24) is 3.97 Å². The second-order valence-corrected chi connectivity index (χ2v) is 5.74. The summed E-state index contributed by atoms with van der Waals surface area (Å²) in [6.07, 6.45) is 3.02. The molecule has 0 N–H and O–H groups in total. The monoisotopic (exact) mass is 285 g/mol. The number of benzene rings is 1. The Bertz CT molecular complexity index is 560. The molecule has 0 radical (unpaired) electrons. The SMILES string of the molecule is O=S(=O)(c1ccccc1)n1ccc(Br)c1. The van der Waals surface area contributed by atoms with Gasteiger partial charge in [-0.2, -0.15) is 0 Å². The van der Waals surface area contributed by atoms with Crippen molar-refractivity contribution >= 4 is 26.0 Å². The molecule has 0 aliphatic carbocycles. The van der Waals surface area contributed by atoms with E-state index in [0.717, 1.165) is 4.47 Å². The van der Waals surface area contributed by atoms with E-state index in [4.69, 9.17) is 0 Å². The summed E-state index contributed by atoms with van der Waals surface area (Å²) in [5.74, 6) is 0. The van der Waals surface area contributed by atoms with Crippen LogP contribution < -0.4 is 0 Å². The molecule has 0 saturated heterocycles. The minimum Gasteiger partial charge on any atom is -0.248 e. The Labute approximate surface area is 96.5 Å². The smallest absolute Gasteiger partial charge is 0.248 e. The zero-order valence-corrected chi connectivity index (χ0v) is 10.1. The quantitative estimate of drug-likeness (QED) is 0.850. The first-order valence-corrected chi connectivity index (χ1v) is 6.48. The highest BCUT2D eigenvalue weighted by Crippen LogP contribution is 2.17. The van der Waals surface area contributed by atoms with Gasteiger partial charge in [-0.05, 0) is 34.1 Å². The number of rotatable bonds is 2. The fourth-order valence-corrected chi connectivity index (χ4v) is 2.91. The first-order chi connectivity index (χ1) is 7.10. The molecule has 78 valence electrons. The lowest BCUT2D eigenvalue weighted by Gasteiger charge is -2.04. The second-order valence-electron chi connectivity index (χ2n) is 2.98. The molecule has 0 unspecified atom stereocenters. The van der Waals surface area contributed by atoms with Crippen LogP contribution >= 0.6 is 15.9 Å². The van der Waals surface area contributed by atoms with E-state index < -0.39 is 10.0 Å². The van der Waals surface area contributed by atoms with Gasteiger partial charge in [-0.15, -0.1) is 0 Å². The average molecular weight is 286 g/mol. The molecule has 0 aliphatic rings. The minimum absolute atomic E-state index is 0.285. The summed E-state index contributed by atoms with van der Waals surface area (Å²) in [7, 11) is -3.43. The molecule has 0 saturated carbocycles. The number of nitrogens with zero attached hydrogens (tertiary/aromatic N) is 1. The van der Waals surface area contributed by atoms with Gasteiger partial charge in [-0.25, -0.2) is 12.4 Å². The third-order valence-electron chi connectivity index (χ3n) is 1.95. The summed E-state index contributed by atoms with van der Waals surface area (Å²) in [4.78, 5) is 0.285. The predicted octanol–water partition coefficient (Wildman–Crippen LogP) is 2.49. The highest BCUT2D eigenvalue weighted by atomic mass is 79.9. The van der Waals surface area contributed by atoms with Crippen LogP contribution in [0.25, 0.3) is 0 Å². The van der Waals surface area contributed by atoms with Crippen molar-refractivity contribution < 1.29 is 8.42 Å². The van der Waals surface area contributed by atoms with E-state index in [1.807, 2.05) is 0 Å². The van der Waals surface area contributed by atoms with Gasteiger partial charge in [0.1, 0.15) is 0 Å². The zero-order chi connectivity index (χ0) is 10.9. The molecule has 1 aromatic heterocycles. The van der Waals surface area contributed by atoms with Gasteiger partial charge in [0.25, 0.3) is 10.0 Å². The predicted molar refractivity (Wildman–Crippen MR) is 61.2 cm³/mol. The second kappa shape index (κ2) is 3.83. The van der Waals surface area contributed by atoms with Crippen molar-refractivity contribution in [2.24, 2.45) is 0 Å². The van der Waals surface area contributed by atoms with Gasteiger partial charge >= 0.3 is 0 Å². The molecule has 3 nitrogen and oxygen atoms in total. The normalized spacial score (nSPS) is 11.5. The summed E-state index contributed by atoms with van der Waals surface area (Å²) < 4.78 is 25.9. The van der Waals surface area contributed by atoms with Gasteiger partial charge in [-0.3, -0.25) is 0 Å². The van der Waals surface area contributed by atoms with Gasteiger partial charge in [-0.1, -0.05) is 18.2 Å². The molecular weight excluding hydrogens is 278 g/mol. The standard InChI is InChI=1S/C10H8BrNO2S/c11-9-6-7-12(8-9)15(13,14)10-4-2-1-3-5-10/h1-8H. The molecule has 0 aliphatic heterocycles. The van der Waals surface area contributed by atoms with E-state index in [0.29, 0.717) is 0 Å². The molecule has 2 rings (SSSR count). The highest BCUT2D eigenvalue weighted by molar-refractivity contribution is 9.10. The van der Waals surface area contributed by atoms with Gasteiger partial charge in [0.05, 0.1) is 4.90 Å². The van der Waals surface area contributed by atoms with E-state index >= 15 is 0 Å². The van der Waals surface area contributed by atoms with E-state index in [9.17, 15) is 8.42 Å². The molecule has 1 heterocycles. The van der Waals surface area contributed by atoms with Gasteiger partial charge < -0.3 is 0 Å². The molecule has 0 amide bonds. The first-order valence-electron chi connectivity index (χ1n) is 4.25. The van der Waals surface area contributed by atoms with E-state index in [-0.39, 0.29) is 4.90 Å². The fraction of sp³-hybridized carbons (Fsp3) is 0. The topological polar surface area (TPSA) is 39.1 Å². The maximum Gasteiger partial charge on any atom is 0.267 e. The lowest BCUT2D eigenvalue weighted by Crippen LogP contribution is -2.10. The van der Waals surface area contributed by atoms with Gasteiger partial charge in [0.2, 0.25) is 0 Å². The van der Waals surface area contributed by atoms with Crippen LogP contribution in [0.1, 0.15) is 0 Å². The Morgan fingerprint density at radius 3 is 2.27 bits per heavy atom. The molecule has 0 spiro atoms. The van der Waals surface area contributed by atoms with Crippen LogP contribution in [0, 0.1) is 0 Å². The highest BCUT2D eigenvalue weighted by Gasteiger charge is 2.15. The maximum atomic E-state index is 12.0. The van der Waals surface area contributed by atoms with Gasteiger partial charge in [0.15, 0.2) is 0 Å². The van der Waals surface area contributed by atoms with Crippen molar-refractivity contribution in [3.63, 3.8) is 0 Å². The Kier molecular flexibility index (Phi) is 2.67. The van der Waals surface area contributed by atoms with Crippen LogP contribution in [0.15, 0.2) is 58.2 Å². The van der Waals surface area contributed by atoms with Crippen molar-refractivity contribution in [2.45, 2.75) is 4.90 Å². The van der Waals surface area contributed by atoms with Gasteiger partial charge in [0, 0.05) is 16.9 Å². The van der Waals surface area contributed by atoms with Crippen LogP contribution in [0.5, 0.6) is 0 Å².